The molecule has 3 aromatic rings. The largest absolute Gasteiger partial charge is 0.417 e. The number of halogens is 4. The van der Waals surface area contributed by atoms with Crippen LogP contribution in [0.4, 0.5) is 24.5 Å². The molecule has 0 saturated carbocycles. The van der Waals surface area contributed by atoms with Crippen molar-refractivity contribution in [3.05, 3.63) is 46.5 Å². The van der Waals surface area contributed by atoms with Gasteiger partial charge in [0.1, 0.15) is 11.3 Å². The maximum atomic E-state index is 12.7. The summed E-state index contributed by atoms with van der Waals surface area (Å²) in [6.45, 7) is 1.47. The number of aromatic amines is 1. The van der Waals surface area contributed by atoms with Gasteiger partial charge in [-0.05, 0) is 40.9 Å². The van der Waals surface area contributed by atoms with E-state index in [0.29, 0.717) is 29.5 Å². The Balaban J connectivity index is 1.66. The van der Waals surface area contributed by atoms with Gasteiger partial charge in [0.25, 0.3) is 5.91 Å². The fourth-order valence-corrected chi connectivity index (χ4v) is 4.11. The fourth-order valence-electron chi connectivity index (χ4n) is 3.56. The van der Waals surface area contributed by atoms with Crippen molar-refractivity contribution in [1.82, 2.24) is 15.0 Å². The lowest BCUT2D eigenvalue weighted by Crippen LogP contribution is -2.43. The van der Waals surface area contributed by atoms with Crippen LogP contribution in [-0.2, 0) is 6.18 Å². The Bertz CT molecular complexity index is 1080. The van der Waals surface area contributed by atoms with Crippen molar-refractivity contribution in [3.8, 4) is 0 Å². The zero-order valence-electron chi connectivity index (χ0n) is 15.6. The van der Waals surface area contributed by atoms with E-state index in [1.165, 1.54) is 0 Å². The lowest BCUT2D eigenvalue weighted by molar-refractivity contribution is -0.137. The molecule has 0 unspecified atom stereocenters. The second-order valence-corrected chi connectivity index (χ2v) is 7.97. The van der Waals surface area contributed by atoms with Gasteiger partial charge in [-0.1, -0.05) is 0 Å². The number of hydrogen-bond acceptors (Lipinski definition) is 5. The van der Waals surface area contributed by atoms with Gasteiger partial charge in [0.2, 0.25) is 0 Å². The first-order valence-electron chi connectivity index (χ1n) is 9.24. The molecule has 7 nitrogen and oxygen atoms in total. The van der Waals surface area contributed by atoms with E-state index in [4.69, 9.17) is 5.73 Å². The molecule has 11 heteroatoms. The number of carbonyl (C=O) groups excluding carboxylic acids is 1. The normalized spacial score (nSPS) is 17.4. The highest BCUT2D eigenvalue weighted by Gasteiger charge is 2.31. The summed E-state index contributed by atoms with van der Waals surface area (Å²) in [5.41, 5.74) is 6.98. The van der Waals surface area contributed by atoms with Crippen LogP contribution < -0.4 is 16.0 Å². The summed E-state index contributed by atoms with van der Waals surface area (Å²) in [4.78, 5) is 25.8. The van der Waals surface area contributed by atoms with E-state index >= 15 is 0 Å². The summed E-state index contributed by atoms with van der Waals surface area (Å²) < 4.78 is 38.9. The molecule has 1 aliphatic heterocycles. The third kappa shape index (κ3) is 3.99. The molecule has 0 bridgehead atoms. The quantitative estimate of drug-likeness (QED) is 0.525. The Kier molecular flexibility index (Phi) is 5.41. The second kappa shape index (κ2) is 7.88. The minimum atomic E-state index is -4.51. The Morgan fingerprint density at radius 3 is 2.77 bits per heavy atom. The molecular weight excluding hydrogens is 465 g/mol. The van der Waals surface area contributed by atoms with Crippen molar-refractivity contribution < 1.29 is 18.0 Å². The van der Waals surface area contributed by atoms with E-state index < -0.39 is 17.6 Å². The van der Waals surface area contributed by atoms with Crippen molar-refractivity contribution in [2.45, 2.75) is 25.1 Å². The van der Waals surface area contributed by atoms with E-state index in [-0.39, 0.29) is 11.7 Å². The van der Waals surface area contributed by atoms with Crippen LogP contribution in [0.2, 0.25) is 0 Å². The number of nitrogens with one attached hydrogen (secondary N) is 2. The number of pyridine rings is 2. The van der Waals surface area contributed by atoms with Crippen LogP contribution in [0.1, 0.15) is 28.9 Å². The van der Waals surface area contributed by atoms with E-state index in [1.807, 2.05) is 0 Å². The predicted molar refractivity (Wildman–Crippen MR) is 110 cm³/mol. The molecule has 1 fully saturated rings. The number of rotatable bonds is 3. The zero-order valence-corrected chi connectivity index (χ0v) is 17.2. The van der Waals surface area contributed by atoms with Crippen LogP contribution in [0.25, 0.3) is 11.0 Å². The van der Waals surface area contributed by atoms with Crippen molar-refractivity contribution in [1.29, 1.82) is 0 Å². The summed E-state index contributed by atoms with van der Waals surface area (Å²) in [6.07, 6.45) is 1.29. The topological polar surface area (TPSA) is 99.9 Å². The summed E-state index contributed by atoms with van der Waals surface area (Å²) >= 11 is 3.54. The Labute approximate surface area is 178 Å². The Hall–Kier alpha value is -2.66. The van der Waals surface area contributed by atoms with Crippen LogP contribution in [-0.4, -0.2) is 40.0 Å². The number of amides is 1. The van der Waals surface area contributed by atoms with Crippen LogP contribution in [0.3, 0.4) is 0 Å². The van der Waals surface area contributed by atoms with Crippen LogP contribution in [0.15, 0.2) is 35.2 Å². The number of fused-ring (bicyclic) bond motifs is 1. The molecule has 4 heterocycles. The van der Waals surface area contributed by atoms with Gasteiger partial charge in [0.15, 0.2) is 0 Å². The molecule has 158 valence electrons. The summed E-state index contributed by atoms with van der Waals surface area (Å²) in [5.74, 6) is -0.620. The molecular formula is C19H18BrF3N6O. The van der Waals surface area contributed by atoms with Crippen LogP contribution in [0, 0.1) is 0 Å². The highest BCUT2D eigenvalue weighted by molar-refractivity contribution is 9.10. The number of alkyl halides is 3. The number of nitrogens with two attached hydrogens (primary N) is 1. The first-order chi connectivity index (χ1) is 14.2. The van der Waals surface area contributed by atoms with Gasteiger partial charge in [0.05, 0.1) is 26.8 Å². The number of hydrogen-bond donors (Lipinski definition) is 3. The number of H-pyrrole nitrogens is 1. The SMILES string of the molecule is N[C@@H]1CCCN(c2c(Br)cnc3[nH]cc(NC(=O)c4ccc(C(F)(F)F)cn4)c23)C1. The fraction of sp³-hybridized carbons (Fsp3) is 0.316. The van der Waals surface area contributed by atoms with Crippen molar-refractivity contribution in [2.24, 2.45) is 5.73 Å². The third-order valence-corrected chi connectivity index (χ3v) is 5.56. The molecule has 1 amide bonds. The predicted octanol–water partition coefficient (Wildman–Crippen LogP) is 3.92. The van der Waals surface area contributed by atoms with Crippen molar-refractivity contribution >= 4 is 44.2 Å². The number of piperidine rings is 1. The minimum absolute atomic E-state index is 0.0437. The first-order valence-corrected chi connectivity index (χ1v) is 10.0. The minimum Gasteiger partial charge on any atom is -0.368 e. The average Bonchev–Trinajstić information content (AvgIpc) is 3.10. The molecule has 4 N–H and O–H groups in total. The number of carbonyl (C=O) groups is 1. The van der Waals surface area contributed by atoms with Gasteiger partial charge >= 0.3 is 6.18 Å². The molecule has 4 rings (SSSR count). The van der Waals surface area contributed by atoms with Gasteiger partial charge < -0.3 is 20.9 Å². The summed E-state index contributed by atoms with van der Waals surface area (Å²) in [7, 11) is 0. The highest BCUT2D eigenvalue weighted by atomic mass is 79.9. The van der Waals surface area contributed by atoms with Crippen molar-refractivity contribution in [3.63, 3.8) is 0 Å². The van der Waals surface area contributed by atoms with Gasteiger partial charge in [-0.15, -0.1) is 0 Å². The first kappa shape index (κ1) is 20.6. The van der Waals surface area contributed by atoms with Gasteiger partial charge in [-0.25, -0.2) is 4.98 Å². The number of aromatic nitrogens is 3. The molecule has 3 aromatic heterocycles. The van der Waals surface area contributed by atoms with Gasteiger partial charge in [-0.2, -0.15) is 13.2 Å². The average molecular weight is 483 g/mol. The highest BCUT2D eigenvalue weighted by Crippen LogP contribution is 2.39. The number of nitrogens with zero attached hydrogens (tertiary/aromatic N) is 3. The molecule has 0 radical (unpaired) electrons. The Morgan fingerprint density at radius 2 is 2.10 bits per heavy atom. The molecule has 0 spiro atoms. The molecule has 0 aliphatic carbocycles. The maximum Gasteiger partial charge on any atom is 0.417 e. The molecule has 1 saturated heterocycles. The zero-order chi connectivity index (χ0) is 21.5. The molecule has 30 heavy (non-hydrogen) atoms. The number of anilines is 2. The van der Waals surface area contributed by atoms with E-state index in [1.54, 1.807) is 12.4 Å². The smallest absolute Gasteiger partial charge is 0.368 e. The lowest BCUT2D eigenvalue weighted by Gasteiger charge is -2.33. The standard InChI is InChI=1S/C19H18BrF3N6O/c20-12-7-26-17-15(16(12)29-5-1-2-11(24)9-29)14(8-27-17)28-18(30)13-4-3-10(6-25-13)19(21,22)23/h3-4,6-8,11H,1-2,5,9,24H2,(H,26,27)(H,28,30)/t11-/m1/s1. The van der Waals surface area contributed by atoms with E-state index in [9.17, 15) is 18.0 Å². The van der Waals surface area contributed by atoms with E-state index in [2.05, 4.69) is 41.1 Å². The molecule has 0 aromatic carbocycles. The summed E-state index contributed by atoms with van der Waals surface area (Å²) in [6, 6.07) is 1.92. The van der Waals surface area contributed by atoms with E-state index in [0.717, 1.165) is 41.7 Å². The second-order valence-electron chi connectivity index (χ2n) is 7.11. The van der Waals surface area contributed by atoms with Crippen LogP contribution >= 0.6 is 15.9 Å². The van der Waals surface area contributed by atoms with Gasteiger partial charge in [-0.3, -0.25) is 9.78 Å². The van der Waals surface area contributed by atoms with Crippen molar-refractivity contribution in [2.75, 3.05) is 23.3 Å². The summed E-state index contributed by atoms with van der Waals surface area (Å²) in [5, 5.41) is 3.42. The monoisotopic (exact) mass is 482 g/mol. The van der Waals surface area contributed by atoms with Gasteiger partial charge in [0, 0.05) is 37.7 Å². The third-order valence-electron chi connectivity index (χ3n) is 4.98. The maximum absolute atomic E-state index is 12.7. The molecule has 1 atom stereocenters. The Morgan fingerprint density at radius 1 is 1.30 bits per heavy atom. The van der Waals surface area contributed by atoms with Crippen LogP contribution in [0.5, 0.6) is 0 Å². The lowest BCUT2D eigenvalue weighted by atomic mass is 10.1. The molecule has 1 aliphatic rings.